The molecule has 200 valence electrons. The highest BCUT2D eigenvalue weighted by atomic mass is 32.2. The van der Waals surface area contributed by atoms with Crippen molar-refractivity contribution in [1.82, 2.24) is 9.47 Å². The van der Waals surface area contributed by atoms with Crippen molar-refractivity contribution in [3.05, 3.63) is 61.8 Å². The number of pyridine rings is 1. The van der Waals surface area contributed by atoms with E-state index in [1.54, 1.807) is 16.6 Å². The Labute approximate surface area is 234 Å². The van der Waals surface area contributed by atoms with Gasteiger partial charge in [-0.1, -0.05) is 50.0 Å². The fourth-order valence-corrected chi connectivity index (χ4v) is 6.28. The minimum atomic E-state index is -0.260. The maximum absolute atomic E-state index is 13.5. The summed E-state index contributed by atoms with van der Waals surface area (Å²) in [5, 5.41) is 9.85. The van der Waals surface area contributed by atoms with E-state index in [-0.39, 0.29) is 17.0 Å². The second-order valence-electron chi connectivity index (χ2n) is 9.91. The van der Waals surface area contributed by atoms with Gasteiger partial charge < -0.3 is 9.64 Å². The standard InChI is InChI=1S/C29H34N4O3S2/c1-5-13-32-26(31-14-10-19(2)11-15-31)23(20(3)24(18-30)27(32)34)17-25-28(35)33(29(37)38-25)16-12-21-6-8-22(36-4)9-7-21/h6-9,17,19H,5,10-16H2,1-4H3/b25-17-. The fraction of sp³-hybridized carbons (Fsp3) is 0.448. The smallest absolute Gasteiger partial charge is 0.270 e. The molecule has 0 N–H and O–H groups in total. The van der Waals surface area contributed by atoms with E-state index in [0.717, 1.165) is 55.0 Å². The molecule has 9 heteroatoms. The number of thiocarbonyl (C=S) groups is 1. The number of carbonyl (C=O) groups excluding carboxylic acids is 1. The highest BCUT2D eigenvalue weighted by Gasteiger charge is 2.33. The van der Waals surface area contributed by atoms with Crippen LogP contribution in [0.1, 0.15) is 55.4 Å². The normalized spacial score (nSPS) is 17.4. The number of anilines is 1. The minimum Gasteiger partial charge on any atom is -0.497 e. The molecule has 0 saturated carbocycles. The van der Waals surface area contributed by atoms with Gasteiger partial charge in [-0.15, -0.1) is 0 Å². The first kappa shape index (κ1) is 27.9. The summed E-state index contributed by atoms with van der Waals surface area (Å²) in [6.07, 6.45) is 5.35. The summed E-state index contributed by atoms with van der Waals surface area (Å²) in [7, 11) is 1.63. The van der Waals surface area contributed by atoms with Crippen LogP contribution in [0.5, 0.6) is 5.75 Å². The van der Waals surface area contributed by atoms with Crippen LogP contribution in [0, 0.1) is 24.2 Å². The lowest BCUT2D eigenvalue weighted by molar-refractivity contribution is -0.122. The molecule has 2 saturated heterocycles. The number of hydrogen-bond donors (Lipinski definition) is 0. The summed E-state index contributed by atoms with van der Waals surface area (Å²) < 4.78 is 7.48. The van der Waals surface area contributed by atoms with Crippen molar-refractivity contribution in [3.8, 4) is 11.8 Å². The monoisotopic (exact) mass is 550 g/mol. The number of benzene rings is 1. The molecule has 7 nitrogen and oxygen atoms in total. The molecular weight excluding hydrogens is 516 g/mol. The number of amides is 1. The molecule has 0 radical (unpaired) electrons. The molecule has 0 bridgehead atoms. The predicted molar refractivity (Wildman–Crippen MR) is 158 cm³/mol. The molecule has 0 aliphatic carbocycles. The number of hydrogen-bond acceptors (Lipinski definition) is 7. The average molecular weight is 551 g/mol. The molecule has 38 heavy (non-hydrogen) atoms. The lowest BCUT2D eigenvalue weighted by atomic mass is 9.97. The van der Waals surface area contributed by atoms with E-state index in [4.69, 9.17) is 17.0 Å². The van der Waals surface area contributed by atoms with Gasteiger partial charge in [0.05, 0.1) is 12.0 Å². The van der Waals surface area contributed by atoms with Crippen molar-refractivity contribution in [3.63, 3.8) is 0 Å². The van der Waals surface area contributed by atoms with Gasteiger partial charge >= 0.3 is 0 Å². The van der Waals surface area contributed by atoms with E-state index in [9.17, 15) is 14.9 Å². The Morgan fingerprint density at radius 1 is 1.18 bits per heavy atom. The SMILES string of the molecule is CCCn1c(N2CCC(C)CC2)c(/C=C2\SC(=S)N(CCc3ccc(OC)cc3)C2=O)c(C)c(C#N)c1=O. The number of aromatic nitrogens is 1. The molecule has 0 unspecified atom stereocenters. The topological polar surface area (TPSA) is 78.6 Å². The van der Waals surface area contributed by atoms with E-state index in [1.165, 1.54) is 11.8 Å². The summed E-state index contributed by atoms with van der Waals surface area (Å²) in [6, 6.07) is 9.91. The molecule has 3 heterocycles. The van der Waals surface area contributed by atoms with Crippen LogP contribution in [0.2, 0.25) is 0 Å². The molecule has 1 amide bonds. The van der Waals surface area contributed by atoms with E-state index < -0.39 is 0 Å². The maximum atomic E-state index is 13.5. The average Bonchev–Trinajstić information content (AvgIpc) is 3.18. The number of methoxy groups -OCH3 is 1. The van der Waals surface area contributed by atoms with Crippen LogP contribution in [0.4, 0.5) is 5.82 Å². The Balaban J connectivity index is 1.70. The Morgan fingerprint density at radius 2 is 1.87 bits per heavy atom. The number of carbonyl (C=O) groups is 1. The third-order valence-corrected chi connectivity index (χ3v) is 8.69. The number of thioether (sulfide) groups is 1. The number of nitriles is 1. The van der Waals surface area contributed by atoms with Crippen molar-refractivity contribution in [2.24, 2.45) is 5.92 Å². The highest BCUT2D eigenvalue weighted by molar-refractivity contribution is 8.26. The molecule has 2 aliphatic heterocycles. The molecule has 1 aromatic heterocycles. The first-order valence-electron chi connectivity index (χ1n) is 13.1. The Hall–Kier alpha value is -3.09. The quantitative estimate of drug-likeness (QED) is 0.333. The molecule has 1 aromatic carbocycles. The molecule has 0 spiro atoms. The maximum Gasteiger partial charge on any atom is 0.270 e. The van der Waals surface area contributed by atoms with Gasteiger partial charge in [-0.25, -0.2) is 0 Å². The van der Waals surface area contributed by atoms with Crippen LogP contribution in [0.25, 0.3) is 6.08 Å². The number of piperidine rings is 1. The van der Waals surface area contributed by atoms with Gasteiger partial charge in [0, 0.05) is 31.7 Å². The van der Waals surface area contributed by atoms with Crippen LogP contribution in [-0.2, 0) is 17.8 Å². The van der Waals surface area contributed by atoms with E-state index in [2.05, 4.69) is 17.9 Å². The summed E-state index contributed by atoms with van der Waals surface area (Å²) in [4.78, 5) is 31.2. The molecule has 2 aromatic rings. The largest absolute Gasteiger partial charge is 0.497 e. The third-order valence-electron chi connectivity index (χ3n) is 7.31. The lowest BCUT2D eigenvalue weighted by Gasteiger charge is -2.35. The minimum absolute atomic E-state index is 0.133. The van der Waals surface area contributed by atoms with Gasteiger partial charge in [0.15, 0.2) is 0 Å². The predicted octanol–water partition coefficient (Wildman–Crippen LogP) is 5.13. The molecule has 2 aliphatic rings. The highest BCUT2D eigenvalue weighted by Crippen LogP contribution is 2.37. The van der Waals surface area contributed by atoms with Crippen LogP contribution >= 0.6 is 24.0 Å². The van der Waals surface area contributed by atoms with Crippen LogP contribution in [0.15, 0.2) is 34.0 Å². The van der Waals surface area contributed by atoms with Crippen molar-refractivity contribution < 1.29 is 9.53 Å². The molecule has 0 atom stereocenters. The van der Waals surface area contributed by atoms with Crippen molar-refractivity contribution in [1.29, 1.82) is 5.26 Å². The summed E-state index contributed by atoms with van der Waals surface area (Å²) in [5.41, 5.74) is 2.34. The van der Waals surface area contributed by atoms with Crippen LogP contribution in [0.3, 0.4) is 0 Å². The van der Waals surface area contributed by atoms with Crippen molar-refractivity contribution in [2.45, 2.75) is 53.0 Å². The van der Waals surface area contributed by atoms with E-state index >= 15 is 0 Å². The molecule has 2 fully saturated rings. The fourth-order valence-electron chi connectivity index (χ4n) is 4.99. The van der Waals surface area contributed by atoms with E-state index in [1.807, 2.05) is 44.2 Å². The molecule has 4 rings (SSSR count). The summed E-state index contributed by atoms with van der Waals surface area (Å²) in [5.74, 6) is 2.09. The zero-order valence-electron chi connectivity index (χ0n) is 22.5. The van der Waals surface area contributed by atoms with E-state index in [0.29, 0.717) is 40.2 Å². The van der Waals surface area contributed by atoms with Crippen molar-refractivity contribution in [2.75, 3.05) is 31.6 Å². The van der Waals surface area contributed by atoms with Crippen LogP contribution in [-0.4, -0.2) is 46.4 Å². The van der Waals surface area contributed by atoms with Gasteiger partial charge in [0.2, 0.25) is 0 Å². The van der Waals surface area contributed by atoms with Gasteiger partial charge in [0.1, 0.15) is 27.5 Å². The number of nitrogens with zero attached hydrogens (tertiary/aromatic N) is 4. The molecular formula is C29H34N4O3S2. The second-order valence-corrected chi connectivity index (χ2v) is 11.6. The lowest BCUT2D eigenvalue weighted by Crippen LogP contribution is -2.39. The van der Waals surface area contributed by atoms with Gasteiger partial charge in [-0.2, -0.15) is 5.26 Å². The second kappa shape index (κ2) is 12.2. The zero-order valence-corrected chi connectivity index (χ0v) is 24.1. The first-order chi connectivity index (χ1) is 18.3. The zero-order chi connectivity index (χ0) is 27.4. The van der Waals surface area contributed by atoms with Gasteiger partial charge in [0.25, 0.3) is 11.5 Å². The van der Waals surface area contributed by atoms with Gasteiger partial charge in [-0.3, -0.25) is 19.1 Å². The number of ether oxygens (including phenoxy) is 1. The Morgan fingerprint density at radius 3 is 2.47 bits per heavy atom. The van der Waals surface area contributed by atoms with Crippen LogP contribution < -0.4 is 15.2 Å². The summed E-state index contributed by atoms with van der Waals surface area (Å²) >= 11 is 6.87. The Kier molecular flexibility index (Phi) is 8.95. The Bertz CT molecular complexity index is 1350. The third kappa shape index (κ3) is 5.67. The number of rotatable bonds is 8. The van der Waals surface area contributed by atoms with Crippen molar-refractivity contribution >= 4 is 46.1 Å². The first-order valence-corrected chi connectivity index (χ1v) is 14.3. The summed E-state index contributed by atoms with van der Waals surface area (Å²) in [6.45, 7) is 8.73. The van der Waals surface area contributed by atoms with Gasteiger partial charge in [-0.05, 0) is 67.9 Å².